The molecular weight excluding hydrogens is 254 g/mol. The van der Waals surface area contributed by atoms with E-state index in [-0.39, 0.29) is 0 Å². The van der Waals surface area contributed by atoms with Crippen LogP contribution in [0.2, 0.25) is 5.02 Å². The van der Waals surface area contributed by atoms with E-state index in [0.29, 0.717) is 5.25 Å². The van der Waals surface area contributed by atoms with Crippen molar-refractivity contribution in [1.82, 2.24) is 5.32 Å². The molecule has 3 nitrogen and oxygen atoms in total. The number of fused-ring (bicyclic) bond motifs is 1. The molecule has 90 valence electrons. The normalized spacial score (nSPS) is 23.1. The van der Waals surface area contributed by atoms with Crippen LogP contribution in [0.1, 0.15) is 0 Å². The van der Waals surface area contributed by atoms with Crippen LogP contribution < -0.4 is 10.2 Å². The van der Waals surface area contributed by atoms with Crippen LogP contribution in [0.3, 0.4) is 0 Å². The van der Waals surface area contributed by atoms with Crippen molar-refractivity contribution < 1.29 is 0 Å². The smallest absolute Gasteiger partial charge is 0.112 e. The van der Waals surface area contributed by atoms with E-state index in [4.69, 9.17) is 11.6 Å². The van der Waals surface area contributed by atoms with E-state index in [2.05, 4.69) is 28.3 Å². The number of nitrogens with zero attached hydrogens (tertiary/aromatic N) is 2. The van der Waals surface area contributed by atoms with Crippen molar-refractivity contribution >= 4 is 34.9 Å². The molecule has 1 aromatic carbocycles. The molecule has 17 heavy (non-hydrogen) atoms. The predicted molar refractivity (Wildman–Crippen MR) is 74.7 cm³/mol. The Morgan fingerprint density at radius 3 is 3.18 bits per heavy atom. The lowest BCUT2D eigenvalue weighted by Gasteiger charge is -2.33. The number of benzene rings is 1. The summed E-state index contributed by atoms with van der Waals surface area (Å²) in [5.41, 5.74) is 1.22. The lowest BCUT2D eigenvalue weighted by atomic mass is 10.2. The van der Waals surface area contributed by atoms with Gasteiger partial charge in [-0.25, -0.2) is 0 Å². The summed E-state index contributed by atoms with van der Waals surface area (Å²) in [6.07, 6.45) is 0. The Bertz CT molecular complexity index is 475. The van der Waals surface area contributed by atoms with E-state index in [1.165, 1.54) is 10.6 Å². The van der Waals surface area contributed by atoms with Crippen LogP contribution in [0.5, 0.6) is 0 Å². The first-order chi connectivity index (χ1) is 8.24. The summed E-state index contributed by atoms with van der Waals surface area (Å²) in [5.74, 6) is 1.14. The quantitative estimate of drug-likeness (QED) is 0.846. The fourth-order valence-corrected chi connectivity index (χ4v) is 3.72. The SMILES string of the molecule is CN1CC(C2=NCCN2)Sc2ccc(Cl)cc21. The van der Waals surface area contributed by atoms with Gasteiger partial charge in [0.1, 0.15) is 5.84 Å². The molecule has 0 saturated heterocycles. The third-order valence-electron chi connectivity index (χ3n) is 3.05. The van der Waals surface area contributed by atoms with Gasteiger partial charge < -0.3 is 10.2 Å². The molecule has 1 aromatic rings. The van der Waals surface area contributed by atoms with E-state index in [0.717, 1.165) is 30.5 Å². The summed E-state index contributed by atoms with van der Waals surface area (Å²) in [6.45, 7) is 2.86. The summed E-state index contributed by atoms with van der Waals surface area (Å²) in [6, 6.07) is 6.08. The van der Waals surface area contributed by atoms with Gasteiger partial charge >= 0.3 is 0 Å². The van der Waals surface area contributed by atoms with Crippen molar-refractivity contribution in [3.05, 3.63) is 23.2 Å². The zero-order valence-corrected chi connectivity index (χ0v) is 11.2. The molecule has 2 aliphatic rings. The molecule has 0 spiro atoms. The number of thioether (sulfide) groups is 1. The first kappa shape index (κ1) is 11.2. The van der Waals surface area contributed by atoms with Crippen LogP contribution >= 0.6 is 23.4 Å². The molecule has 0 fully saturated rings. The number of amidine groups is 1. The van der Waals surface area contributed by atoms with E-state index >= 15 is 0 Å². The zero-order chi connectivity index (χ0) is 11.8. The van der Waals surface area contributed by atoms with Gasteiger partial charge in [-0.2, -0.15) is 0 Å². The van der Waals surface area contributed by atoms with Gasteiger partial charge in [-0.15, -0.1) is 11.8 Å². The largest absolute Gasteiger partial charge is 0.372 e. The Labute approximate surface area is 110 Å². The molecule has 0 radical (unpaired) electrons. The monoisotopic (exact) mass is 267 g/mol. The number of anilines is 1. The van der Waals surface area contributed by atoms with Crippen molar-refractivity contribution in [1.29, 1.82) is 0 Å². The fraction of sp³-hybridized carbons (Fsp3) is 0.417. The van der Waals surface area contributed by atoms with Crippen LogP contribution in [-0.2, 0) is 0 Å². The molecule has 0 aromatic heterocycles. The highest BCUT2D eigenvalue weighted by molar-refractivity contribution is 8.01. The predicted octanol–water partition coefficient (Wildman–Crippen LogP) is 2.25. The van der Waals surface area contributed by atoms with E-state index < -0.39 is 0 Å². The Kier molecular flexibility index (Phi) is 2.92. The molecule has 0 bridgehead atoms. The van der Waals surface area contributed by atoms with Crippen molar-refractivity contribution in [3.8, 4) is 0 Å². The van der Waals surface area contributed by atoms with E-state index in [1.54, 1.807) is 0 Å². The maximum absolute atomic E-state index is 6.03. The minimum Gasteiger partial charge on any atom is -0.372 e. The number of hydrogen-bond donors (Lipinski definition) is 1. The second-order valence-corrected chi connectivity index (χ2v) is 5.97. The topological polar surface area (TPSA) is 27.6 Å². The van der Waals surface area contributed by atoms with Crippen LogP contribution in [0, 0.1) is 0 Å². The minimum atomic E-state index is 0.413. The summed E-state index contributed by atoms with van der Waals surface area (Å²) in [5, 5.41) is 4.58. The summed E-state index contributed by atoms with van der Waals surface area (Å²) >= 11 is 7.91. The number of hydrogen-bond acceptors (Lipinski definition) is 4. The third kappa shape index (κ3) is 2.11. The van der Waals surface area contributed by atoms with E-state index in [1.807, 2.05) is 23.9 Å². The van der Waals surface area contributed by atoms with Gasteiger partial charge in [-0.1, -0.05) is 11.6 Å². The van der Waals surface area contributed by atoms with Crippen molar-refractivity contribution in [2.45, 2.75) is 10.1 Å². The highest BCUT2D eigenvalue weighted by atomic mass is 35.5. The summed E-state index contributed by atoms with van der Waals surface area (Å²) in [7, 11) is 2.11. The molecule has 0 amide bonds. The van der Waals surface area contributed by atoms with Crippen LogP contribution in [0.15, 0.2) is 28.1 Å². The highest BCUT2D eigenvalue weighted by Crippen LogP contribution is 2.39. The number of nitrogens with one attached hydrogen (secondary N) is 1. The maximum atomic E-state index is 6.03. The number of halogens is 1. The molecule has 2 heterocycles. The molecule has 1 atom stereocenters. The molecule has 1 unspecified atom stereocenters. The molecule has 0 aliphatic carbocycles. The van der Waals surface area contributed by atoms with Gasteiger partial charge in [0.25, 0.3) is 0 Å². The molecule has 1 N–H and O–H groups in total. The van der Waals surface area contributed by atoms with Gasteiger partial charge in [-0.3, -0.25) is 4.99 Å². The summed E-state index contributed by atoms with van der Waals surface area (Å²) in [4.78, 5) is 8.05. The number of rotatable bonds is 1. The average Bonchev–Trinajstić information content (AvgIpc) is 2.83. The highest BCUT2D eigenvalue weighted by Gasteiger charge is 2.28. The second-order valence-electron chi connectivity index (χ2n) is 4.29. The second kappa shape index (κ2) is 4.42. The van der Waals surface area contributed by atoms with Gasteiger partial charge in [0.05, 0.1) is 17.5 Å². The fourth-order valence-electron chi connectivity index (χ4n) is 2.20. The van der Waals surface area contributed by atoms with Crippen molar-refractivity contribution in [2.75, 3.05) is 31.6 Å². The summed E-state index contributed by atoms with van der Waals surface area (Å²) < 4.78 is 0. The van der Waals surface area contributed by atoms with Gasteiger partial charge in [0.2, 0.25) is 0 Å². The van der Waals surface area contributed by atoms with E-state index in [9.17, 15) is 0 Å². The first-order valence-electron chi connectivity index (χ1n) is 5.69. The van der Waals surface area contributed by atoms with Crippen molar-refractivity contribution in [2.24, 2.45) is 4.99 Å². The number of aliphatic imine (C=N–C) groups is 1. The molecule has 3 rings (SSSR count). The lowest BCUT2D eigenvalue weighted by Crippen LogP contribution is -2.40. The van der Waals surface area contributed by atoms with Gasteiger partial charge in [-0.05, 0) is 18.2 Å². The molecule has 5 heteroatoms. The minimum absolute atomic E-state index is 0.413. The lowest BCUT2D eigenvalue weighted by molar-refractivity contribution is 0.878. The maximum Gasteiger partial charge on any atom is 0.112 e. The van der Waals surface area contributed by atoms with Crippen LogP contribution in [0.25, 0.3) is 0 Å². The third-order valence-corrected chi connectivity index (χ3v) is 4.54. The van der Waals surface area contributed by atoms with Crippen LogP contribution in [-0.4, -0.2) is 37.8 Å². The van der Waals surface area contributed by atoms with Gasteiger partial charge in [0, 0.05) is 30.1 Å². The Hall–Kier alpha value is -0.870. The molecule has 2 aliphatic heterocycles. The van der Waals surface area contributed by atoms with Gasteiger partial charge in [0.15, 0.2) is 0 Å². The van der Waals surface area contributed by atoms with Crippen molar-refractivity contribution in [3.63, 3.8) is 0 Å². The Morgan fingerprint density at radius 2 is 2.41 bits per heavy atom. The van der Waals surface area contributed by atoms with Crippen LogP contribution in [0.4, 0.5) is 5.69 Å². The Morgan fingerprint density at radius 1 is 1.53 bits per heavy atom. The first-order valence-corrected chi connectivity index (χ1v) is 6.95. The average molecular weight is 268 g/mol. The molecular formula is C12H14ClN3S. The Balaban J connectivity index is 1.90. The molecule has 0 saturated carbocycles. The standard InChI is InChI=1S/C12H14ClN3S/c1-16-7-11(12-14-4-5-15-12)17-10-3-2-8(13)6-9(10)16/h2-3,6,11H,4-5,7H2,1H3,(H,14,15). The zero-order valence-electron chi connectivity index (χ0n) is 9.61.